The predicted octanol–water partition coefficient (Wildman–Crippen LogP) is 4.64. The first-order valence-corrected chi connectivity index (χ1v) is 14.6. The summed E-state index contributed by atoms with van der Waals surface area (Å²) in [6.45, 7) is 6.55. The summed E-state index contributed by atoms with van der Waals surface area (Å²) in [7, 11) is -2.28. The highest BCUT2D eigenvalue weighted by atomic mass is 35.5. The van der Waals surface area contributed by atoms with Crippen LogP contribution in [-0.2, 0) is 23.5 Å². The van der Waals surface area contributed by atoms with Gasteiger partial charge in [0, 0.05) is 49.5 Å². The smallest absolute Gasteiger partial charge is 0.267 e. The molecule has 0 bridgehead atoms. The monoisotopic (exact) mass is 566 g/mol. The Hall–Kier alpha value is -3.47. The highest BCUT2D eigenvalue weighted by Gasteiger charge is 2.26. The Morgan fingerprint density at radius 2 is 1.87 bits per heavy atom. The summed E-state index contributed by atoms with van der Waals surface area (Å²) in [6.07, 6.45) is 4.37. The van der Waals surface area contributed by atoms with Crippen LogP contribution in [0.15, 0.2) is 65.8 Å². The first-order chi connectivity index (χ1) is 18.7. The fourth-order valence-corrected chi connectivity index (χ4v) is 5.98. The number of sulfonamides is 1. The molecule has 1 unspecified atom stereocenters. The molecule has 0 radical (unpaired) electrons. The van der Waals surface area contributed by atoms with Gasteiger partial charge in [0.1, 0.15) is 11.0 Å². The Labute approximate surface area is 233 Å². The number of anilines is 1. The number of nitrogens with one attached hydrogen (secondary N) is 1. The topological polar surface area (TPSA) is 102 Å². The molecule has 1 fully saturated rings. The summed E-state index contributed by atoms with van der Waals surface area (Å²) in [6, 6.07) is 15.7. The number of rotatable bonds is 9. The van der Waals surface area contributed by atoms with Crippen molar-refractivity contribution in [1.29, 1.82) is 0 Å². The fraction of sp³-hybridized carbons (Fsp3) is 0.321. The Bertz CT molecular complexity index is 1570. The van der Waals surface area contributed by atoms with E-state index >= 15 is 0 Å². The maximum atomic E-state index is 13.0. The minimum atomic E-state index is -3.93. The first-order valence-electron chi connectivity index (χ1n) is 12.8. The summed E-state index contributed by atoms with van der Waals surface area (Å²) in [5.41, 5.74) is 4.76. The summed E-state index contributed by atoms with van der Waals surface area (Å²) in [5, 5.41) is 4.71. The van der Waals surface area contributed by atoms with Gasteiger partial charge in [-0.3, -0.25) is 9.58 Å². The molecule has 39 heavy (non-hydrogen) atoms. The molecule has 1 N–H and O–H groups in total. The lowest BCUT2D eigenvalue weighted by molar-refractivity contribution is 0.193. The van der Waals surface area contributed by atoms with Gasteiger partial charge < -0.3 is 4.74 Å². The van der Waals surface area contributed by atoms with E-state index in [0.29, 0.717) is 11.6 Å². The molecule has 1 saturated heterocycles. The molecule has 0 saturated carbocycles. The van der Waals surface area contributed by atoms with Gasteiger partial charge in [-0.15, -0.1) is 0 Å². The van der Waals surface area contributed by atoms with Crippen molar-refractivity contribution in [2.24, 2.45) is 7.05 Å². The van der Waals surface area contributed by atoms with Crippen molar-refractivity contribution in [3.8, 4) is 17.1 Å². The summed E-state index contributed by atoms with van der Waals surface area (Å²) < 4.78 is 36.3. The van der Waals surface area contributed by atoms with Crippen molar-refractivity contribution in [3.63, 3.8) is 0 Å². The lowest BCUT2D eigenvalue weighted by Crippen LogP contribution is -2.27. The average Bonchev–Trinajstić information content (AvgIpc) is 3.51. The molecule has 2 aromatic heterocycles. The van der Waals surface area contributed by atoms with Crippen LogP contribution >= 0.6 is 11.6 Å². The number of aromatic nitrogens is 4. The van der Waals surface area contributed by atoms with Crippen LogP contribution in [0.2, 0.25) is 5.02 Å². The van der Waals surface area contributed by atoms with Crippen LogP contribution in [-0.4, -0.2) is 58.8 Å². The highest BCUT2D eigenvalue weighted by molar-refractivity contribution is 7.92. The molecule has 11 heteroatoms. The van der Waals surface area contributed by atoms with E-state index in [2.05, 4.69) is 30.8 Å². The van der Waals surface area contributed by atoms with E-state index in [-0.39, 0.29) is 16.9 Å². The number of hydrogen-bond acceptors (Lipinski definition) is 7. The van der Waals surface area contributed by atoms with Gasteiger partial charge in [-0.1, -0.05) is 41.9 Å². The first kappa shape index (κ1) is 27.1. The summed E-state index contributed by atoms with van der Waals surface area (Å²) in [5.74, 6) is 0.276. The molecule has 0 spiro atoms. The molecule has 3 heterocycles. The molecular formula is C28H31ClN6O3S. The number of benzene rings is 2. The molecule has 5 rings (SSSR count). The number of ether oxygens (including phenoxy) is 1. The Kier molecular flexibility index (Phi) is 7.88. The minimum absolute atomic E-state index is 0.0275. The van der Waals surface area contributed by atoms with Gasteiger partial charge in [0.25, 0.3) is 10.0 Å². The van der Waals surface area contributed by atoms with E-state index in [1.54, 1.807) is 13.1 Å². The third-order valence-corrected chi connectivity index (χ3v) is 8.30. The van der Waals surface area contributed by atoms with E-state index in [1.807, 2.05) is 50.2 Å². The second kappa shape index (κ2) is 11.3. The van der Waals surface area contributed by atoms with Gasteiger partial charge in [-0.2, -0.15) is 10.1 Å². The molecule has 4 aromatic rings. The molecule has 2 aromatic carbocycles. The normalized spacial score (nSPS) is 15.9. The van der Waals surface area contributed by atoms with Crippen LogP contribution in [0.4, 0.5) is 5.95 Å². The van der Waals surface area contributed by atoms with Crippen molar-refractivity contribution in [2.45, 2.75) is 37.7 Å². The van der Waals surface area contributed by atoms with Crippen LogP contribution in [0.25, 0.3) is 11.3 Å². The van der Waals surface area contributed by atoms with E-state index in [0.717, 1.165) is 54.2 Å². The average molecular weight is 567 g/mol. The van der Waals surface area contributed by atoms with Crippen molar-refractivity contribution >= 4 is 27.6 Å². The molecule has 0 aliphatic carbocycles. The van der Waals surface area contributed by atoms with E-state index in [4.69, 9.17) is 16.3 Å². The number of aryl methyl sites for hydroxylation is 3. The zero-order valence-corrected chi connectivity index (χ0v) is 23.7. The number of likely N-dealkylation sites (tertiary alicyclic amines) is 1. The SMILES string of the molecule is Cc1cccc(C)c1-c1cc(OC2CCN(CCc3cccc(Cl)c3)C2)nc(NS(=O)(=O)c2cnn(C)c2)n1. The van der Waals surface area contributed by atoms with Crippen molar-refractivity contribution in [2.75, 3.05) is 24.4 Å². The van der Waals surface area contributed by atoms with Crippen LogP contribution < -0.4 is 9.46 Å². The van der Waals surface area contributed by atoms with Crippen molar-refractivity contribution < 1.29 is 13.2 Å². The fourth-order valence-electron chi connectivity index (χ4n) is 4.84. The highest BCUT2D eigenvalue weighted by Crippen LogP contribution is 2.30. The molecule has 9 nitrogen and oxygen atoms in total. The zero-order chi connectivity index (χ0) is 27.6. The summed E-state index contributed by atoms with van der Waals surface area (Å²) >= 11 is 6.13. The Morgan fingerprint density at radius 1 is 1.10 bits per heavy atom. The van der Waals surface area contributed by atoms with Crippen LogP contribution in [0.5, 0.6) is 5.88 Å². The lowest BCUT2D eigenvalue weighted by atomic mass is 10.00. The standard InChI is InChI=1S/C28H31ClN6O3S/c1-19-6-4-7-20(2)27(19)25-15-26(32-28(31-25)33-39(36,37)24-16-30-34(3)18-24)38-23-11-13-35(17-23)12-10-21-8-5-9-22(29)14-21/h4-9,14-16,18,23H,10-13,17H2,1-3H3,(H,31,32,33). The van der Waals surface area contributed by atoms with Crippen LogP contribution in [0.3, 0.4) is 0 Å². The predicted molar refractivity (Wildman–Crippen MR) is 152 cm³/mol. The third-order valence-electron chi connectivity index (χ3n) is 6.78. The molecule has 1 aliphatic heterocycles. The molecule has 204 valence electrons. The van der Waals surface area contributed by atoms with Gasteiger partial charge >= 0.3 is 0 Å². The lowest BCUT2D eigenvalue weighted by Gasteiger charge is -2.18. The maximum Gasteiger partial charge on any atom is 0.267 e. The van der Waals surface area contributed by atoms with Gasteiger partial charge in [0.15, 0.2) is 0 Å². The second-order valence-corrected chi connectivity index (χ2v) is 12.0. The van der Waals surface area contributed by atoms with E-state index in [1.165, 1.54) is 22.6 Å². The maximum absolute atomic E-state index is 13.0. The largest absolute Gasteiger partial charge is 0.473 e. The van der Waals surface area contributed by atoms with Crippen molar-refractivity contribution in [1.82, 2.24) is 24.6 Å². The van der Waals surface area contributed by atoms with E-state index in [9.17, 15) is 8.42 Å². The molecular weight excluding hydrogens is 536 g/mol. The quantitative estimate of drug-likeness (QED) is 0.315. The molecule has 0 amide bonds. The van der Waals surface area contributed by atoms with Crippen LogP contribution in [0, 0.1) is 13.8 Å². The van der Waals surface area contributed by atoms with E-state index < -0.39 is 10.0 Å². The molecule has 1 aliphatic rings. The second-order valence-electron chi connectivity index (χ2n) is 9.85. The van der Waals surface area contributed by atoms with Gasteiger partial charge in [0.2, 0.25) is 11.8 Å². The Balaban J connectivity index is 1.37. The summed E-state index contributed by atoms with van der Waals surface area (Å²) in [4.78, 5) is 11.4. The van der Waals surface area contributed by atoms with Gasteiger partial charge in [-0.25, -0.2) is 18.1 Å². The van der Waals surface area contributed by atoms with Crippen molar-refractivity contribution in [3.05, 3.63) is 82.6 Å². The molecule has 1 atom stereocenters. The number of halogens is 1. The van der Waals surface area contributed by atoms with Crippen LogP contribution in [0.1, 0.15) is 23.1 Å². The number of hydrogen-bond donors (Lipinski definition) is 1. The minimum Gasteiger partial charge on any atom is -0.473 e. The van der Waals surface area contributed by atoms with Gasteiger partial charge in [-0.05, 0) is 55.5 Å². The zero-order valence-electron chi connectivity index (χ0n) is 22.1. The number of nitrogens with zero attached hydrogens (tertiary/aromatic N) is 5. The van der Waals surface area contributed by atoms with Gasteiger partial charge in [0.05, 0.1) is 11.9 Å². The third kappa shape index (κ3) is 6.58. The Morgan fingerprint density at radius 3 is 2.59 bits per heavy atom.